The van der Waals surface area contributed by atoms with Crippen molar-refractivity contribution in [2.24, 2.45) is 0 Å². The third-order valence-corrected chi connectivity index (χ3v) is 4.40. The number of likely N-dealkylation sites (N-methyl/N-ethyl adjacent to an activating group) is 1. The van der Waals surface area contributed by atoms with Gasteiger partial charge in [-0.25, -0.2) is 0 Å². The predicted octanol–water partition coefficient (Wildman–Crippen LogP) is 1.07. The number of hydrogen-bond acceptors (Lipinski definition) is 3. The second-order valence-electron chi connectivity index (χ2n) is 5.76. The van der Waals surface area contributed by atoms with Crippen molar-refractivity contribution in [2.45, 2.75) is 51.1 Å². The van der Waals surface area contributed by atoms with E-state index in [0.29, 0.717) is 24.5 Å². The number of carbonyl (C=O) groups is 1. The maximum atomic E-state index is 12.4. The standard InChI is InChI=1S/C14H27N3O/c1-12-6-3-4-9-17(12)14(18)11-16-8-5-7-13(16)10-15-2/h12-13,15H,3-11H2,1-2H3. The Balaban J connectivity index is 1.86. The van der Waals surface area contributed by atoms with E-state index in [1.165, 1.54) is 32.1 Å². The normalized spacial score (nSPS) is 29.8. The highest BCUT2D eigenvalue weighted by Crippen LogP contribution is 2.20. The van der Waals surface area contributed by atoms with Crippen molar-refractivity contribution in [3.63, 3.8) is 0 Å². The Labute approximate surface area is 111 Å². The van der Waals surface area contributed by atoms with Crippen molar-refractivity contribution in [3.05, 3.63) is 0 Å². The van der Waals surface area contributed by atoms with Crippen molar-refractivity contribution in [1.29, 1.82) is 0 Å². The number of amides is 1. The first-order valence-electron chi connectivity index (χ1n) is 7.40. The van der Waals surface area contributed by atoms with Gasteiger partial charge in [0.2, 0.25) is 5.91 Å². The molecule has 1 N–H and O–H groups in total. The zero-order valence-corrected chi connectivity index (χ0v) is 11.8. The molecule has 0 aromatic heterocycles. The van der Waals surface area contributed by atoms with Crippen LogP contribution in [0.2, 0.25) is 0 Å². The second kappa shape index (κ2) is 6.53. The molecular formula is C14H27N3O. The number of likely N-dealkylation sites (tertiary alicyclic amines) is 2. The van der Waals surface area contributed by atoms with Crippen LogP contribution < -0.4 is 5.32 Å². The SMILES string of the molecule is CNCC1CCCN1CC(=O)N1CCCCC1C. The molecule has 4 heteroatoms. The van der Waals surface area contributed by atoms with Gasteiger partial charge in [0, 0.05) is 25.2 Å². The lowest BCUT2D eigenvalue weighted by atomic mass is 10.0. The number of nitrogens with one attached hydrogen (secondary N) is 1. The molecule has 2 aliphatic heterocycles. The first kappa shape index (κ1) is 13.8. The summed E-state index contributed by atoms with van der Waals surface area (Å²) in [6.07, 6.45) is 6.08. The summed E-state index contributed by atoms with van der Waals surface area (Å²) in [5.41, 5.74) is 0. The van der Waals surface area contributed by atoms with E-state index in [9.17, 15) is 4.79 Å². The second-order valence-corrected chi connectivity index (χ2v) is 5.76. The summed E-state index contributed by atoms with van der Waals surface area (Å²) in [5, 5.41) is 3.23. The number of nitrogens with zero attached hydrogens (tertiary/aromatic N) is 2. The van der Waals surface area contributed by atoms with Crippen LogP contribution in [0.5, 0.6) is 0 Å². The Morgan fingerprint density at radius 2 is 2.06 bits per heavy atom. The molecule has 4 nitrogen and oxygen atoms in total. The lowest BCUT2D eigenvalue weighted by Gasteiger charge is -2.35. The molecule has 18 heavy (non-hydrogen) atoms. The fourth-order valence-corrected chi connectivity index (χ4v) is 3.30. The minimum Gasteiger partial charge on any atom is -0.339 e. The van der Waals surface area contributed by atoms with Crippen LogP contribution >= 0.6 is 0 Å². The molecule has 2 rings (SSSR count). The van der Waals surface area contributed by atoms with Gasteiger partial charge in [0.1, 0.15) is 0 Å². The zero-order valence-electron chi connectivity index (χ0n) is 11.8. The molecule has 2 fully saturated rings. The summed E-state index contributed by atoms with van der Waals surface area (Å²) in [6, 6.07) is 0.996. The summed E-state index contributed by atoms with van der Waals surface area (Å²) < 4.78 is 0. The smallest absolute Gasteiger partial charge is 0.236 e. The van der Waals surface area contributed by atoms with Crippen molar-refractivity contribution >= 4 is 5.91 Å². The van der Waals surface area contributed by atoms with E-state index in [0.717, 1.165) is 19.6 Å². The average Bonchev–Trinajstić information content (AvgIpc) is 2.78. The van der Waals surface area contributed by atoms with Gasteiger partial charge in [0.25, 0.3) is 0 Å². The Kier molecular flexibility index (Phi) is 5.01. The fourth-order valence-electron chi connectivity index (χ4n) is 3.30. The topological polar surface area (TPSA) is 35.6 Å². The number of rotatable bonds is 4. The summed E-state index contributed by atoms with van der Waals surface area (Å²) in [7, 11) is 1.99. The van der Waals surface area contributed by atoms with E-state index in [2.05, 4.69) is 22.0 Å². The molecule has 2 heterocycles. The molecular weight excluding hydrogens is 226 g/mol. The highest BCUT2D eigenvalue weighted by Gasteiger charge is 2.29. The fraction of sp³-hybridized carbons (Fsp3) is 0.929. The molecule has 0 spiro atoms. The molecule has 1 amide bonds. The summed E-state index contributed by atoms with van der Waals surface area (Å²) in [6.45, 7) is 5.86. The van der Waals surface area contributed by atoms with Crippen LogP contribution in [0.1, 0.15) is 39.0 Å². The van der Waals surface area contributed by atoms with E-state index < -0.39 is 0 Å². The Hall–Kier alpha value is -0.610. The van der Waals surface area contributed by atoms with Crippen LogP contribution in [0.4, 0.5) is 0 Å². The minimum absolute atomic E-state index is 0.338. The highest BCUT2D eigenvalue weighted by atomic mass is 16.2. The first-order chi connectivity index (χ1) is 8.72. The van der Waals surface area contributed by atoms with Gasteiger partial charge in [-0.3, -0.25) is 9.69 Å². The lowest BCUT2D eigenvalue weighted by molar-refractivity contribution is -0.135. The quantitative estimate of drug-likeness (QED) is 0.814. The van der Waals surface area contributed by atoms with Gasteiger partial charge < -0.3 is 10.2 Å². The maximum absolute atomic E-state index is 12.4. The van der Waals surface area contributed by atoms with E-state index in [1.807, 2.05) is 7.05 Å². The van der Waals surface area contributed by atoms with Crippen molar-refractivity contribution in [1.82, 2.24) is 15.1 Å². The Bertz CT molecular complexity index is 282. The predicted molar refractivity (Wildman–Crippen MR) is 73.5 cm³/mol. The van der Waals surface area contributed by atoms with E-state index in [4.69, 9.17) is 0 Å². The molecule has 2 saturated heterocycles. The third-order valence-electron chi connectivity index (χ3n) is 4.40. The Morgan fingerprint density at radius 1 is 1.22 bits per heavy atom. The number of hydrogen-bond donors (Lipinski definition) is 1. The molecule has 2 atom stereocenters. The summed E-state index contributed by atoms with van der Waals surface area (Å²) >= 11 is 0. The molecule has 0 aromatic rings. The number of carbonyl (C=O) groups excluding carboxylic acids is 1. The van der Waals surface area contributed by atoms with E-state index in [-0.39, 0.29) is 0 Å². The molecule has 0 aliphatic carbocycles. The van der Waals surface area contributed by atoms with E-state index >= 15 is 0 Å². The van der Waals surface area contributed by atoms with Crippen LogP contribution in [-0.4, -0.2) is 61.0 Å². The molecule has 0 bridgehead atoms. The zero-order chi connectivity index (χ0) is 13.0. The van der Waals surface area contributed by atoms with Crippen LogP contribution in [-0.2, 0) is 4.79 Å². The molecule has 2 unspecified atom stereocenters. The molecule has 104 valence electrons. The molecule has 0 aromatic carbocycles. The average molecular weight is 253 g/mol. The van der Waals surface area contributed by atoms with Gasteiger partial charge in [0.05, 0.1) is 6.54 Å². The lowest BCUT2D eigenvalue weighted by Crippen LogP contribution is -2.48. The van der Waals surface area contributed by atoms with E-state index in [1.54, 1.807) is 0 Å². The van der Waals surface area contributed by atoms with Crippen LogP contribution in [0.25, 0.3) is 0 Å². The largest absolute Gasteiger partial charge is 0.339 e. The van der Waals surface area contributed by atoms with Crippen LogP contribution in [0.15, 0.2) is 0 Å². The third kappa shape index (κ3) is 3.23. The summed E-state index contributed by atoms with van der Waals surface area (Å²) in [5.74, 6) is 0.338. The molecule has 0 saturated carbocycles. The Morgan fingerprint density at radius 3 is 2.78 bits per heavy atom. The van der Waals surface area contributed by atoms with Crippen LogP contribution in [0, 0.1) is 0 Å². The summed E-state index contributed by atoms with van der Waals surface area (Å²) in [4.78, 5) is 16.8. The maximum Gasteiger partial charge on any atom is 0.236 e. The van der Waals surface area contributed by atoms with Crippen molar-refractivity contribution < 1.29 is 4.79 Å². The first-order valence-corrected chi connectivity index (χ1v) is 7.40. The van der Waals surface area contributed by atoms with Crippen LogP contribution in [0.3, 0.4) is 0 Å². The van der Waals surface area contributed by atoms with Gasteiger partial charge in [-0.15, -0.1) is 0 Å². The monoisotopic (exact) mass is 253 g/mol. The van der Waals surface area contributed by atoms with Gasteiger partial charge in [-0.1, -0.05) is 0 Å². The number of piperidine rings is 1. The van der Waals surface area contributed by atoms with Gasteiger partial charge >= 0.3 is 0 Å². The molecule has 0 radical (unpaired) electrons. The van der Waals surface area contributed by atoms with Crippen molar-refractivity contribution in [2.75, 3.05) is 33.2 Å². The highest BCUT2D eigenvalue weighted by molar-refractivity contribution is 5.78. The van der Waals surface area contributed by atoms with Gasteiger partial charge in [0.15, 0.2) is 0 Å². The van der Waals surface area contributed by atoms with Crippen molar-refractivity contribution in [3.8, 4) is 0 Å². The van der Waals surface area contributed by atoms with Gasteiger partial charge in [-0.2, -0.15) is 0 Å². The molecule has 2 aliphatic rings. The van der Waals surface area contributed by atoms with Gasteiger partial charge in [-0.05, 0) is 52.6 Å². The minimum atomic E-state index is 0.338.